The highest BCUT2D eigenvalue weighted by molar-refractivity contribution is 5.92. The van der Waals surface area contributed by atoms with Crippen LogP contribution >= 0.6 is 0 Å². The minimum absolute atomic E-state index is 0.157. The molecular weight excluding hydrogens is 401 g/mol. The zero-order valence-corrected chi connectivity index (χ0v) is 16.3. The summed E-state index contributed by atoms with van der Waals surface area (Å²) in [6, 6.07) is 5.22. The van der Waals surface area contributed by atoms with Gasteiger partial charge in [0.2, 0.25) is 0 Å². The van der Waals surface area contributed by atoms with Gasteiger partial charge in [-0.25, -0.2) is 14.2 Å². The molecule has 0 atom stereocenters. The van der Waals surface area contributed by atoms with Crippen LogP contribution in [0.4, 0.5) is 13.2 Å². The third-order valence-electron chi connectivity index (χ3n) is 5.24. The summed E-state index contributed by atoms with van der Waals surface area (Å²) < 4.78 is 42.5. The summed E-state index contributed by atoms with van der Waals surface area (Å²) in [4.78, 5) is 30.1. The summed E-state index contributed by atoms with van der Waals surface area (Å²) in [5.41, 5.74) is -0.0578. The van der Waals surface area contributed by atoms with Gasteiger partial charge in [0.25, 0.3) is 11.5 Å². The molecule has 0 aromatic carbocycles. The quantitative estimate of drug-likeness (QED) is 0.634. The zero-order chi connectivity index (χ0) is 21.6. The Morgan fingerprint density at radius 1 is 1.13 bits per heavy atom. The van der Waals surface area contributed by atoms with Crippen molar-refractivity contribution in [3.63, 3.8) is 0 Å². The average molecular weight is 420 g/mol. The second kappa shape index (κ2) is 7.22. The SMILES string of the molecule is Cc1cc2nc(C3CCN(C(=O)c4ccc(=O)n(C)n4)CC3)cc(C(F)(F)F)n2n1. The average Bonchev–Trinajstić information content (AvgIpc) is 3.08. The number of rotatable bonds is 2. The highest BCUT2D eigenvalue weighted by Gasteiger charge is 2.36. The number of aromatic nitrogens is 5. The molecule has 30 heavy (non-hydrogen) atoms. The first-order valence-electron chi connectivity index (χ1n) is 9.41. The number of hydrogen-bond acceptors (Lipinski definition) is 5. The molecule has 3 aromatic heterocycles. The summed E-state index contributed by atoms with van der Waals surface area (Å²) in [5, 5.41) is 7.86. The number of alkyl halides is 3. The van der Waals surface area contributed by atoms with Crippen molar-refractivity contribution in [2.24, 2.45) is 7.05 Å². The van der Waals surface area contributed by atoms with Crippen LogP contribution < -0.4 is 5.56 Å². The zero-order valence-electron chi connectivity index (χ0n) is 16.3. The number of carbonyl (C=O) groups is 1. The molecule has 0 unspecified atom stereocenters. The molecular formula is C19H19F3N6O2. The number of aryl methyl sites for hydroxylation is 2. The van der Waals surface area contributed by atoms with E-state index in [1.54, 1.807) is 11.8 Å². The lowest BCUT2D eigenvalue weighted by molar-refractivity contribution is -0.142. The first-order chi connectivity index (χ1) is 14.1. The van der Waals surface area contributed by atoms with Crippen molar-refractivity contribution < 1.29 is 18.0 Å². The molecule has 1 fully saturated rings. The summed E-state index contributed by atoms with van der Waals surface area (Å²) >= 11 is 0. The molecule has 8 nitrogen and oxygen atoms in total. The lowest BCUT2D eigenvalue weighted by Crippen LogP contribution is -2.39. The number of carbonyl (C=O) groups excluding carboxylic acids is 1. The van der Waals surface area contributed by atoms with E-state index in [1.807, 2.05) is 0 Å². The van der Waals surface area contributed by atoms with Crippen LogP contribution in [0.3, 0.4) is 0 Å². The first-order valence-corrected chi connectivity index (χ1v) is 9.41. The number of hydrogen-bond donors (Lipinski definition) is 0. The lowest BCUT2D eigenvalue weighted by atomic mass is 9.92. The van der Waals surface area contributed by atoms with Crippen LogP contribution in [0.5, 0.6) is 0 Å². The van der Waals surface area contributed by atoms with Crippen molar-refractivity contribution in [3.8, 4) is 0 Å². The van der Waals surface area contributed by atoms with E-state index in [0.717, 1.165) is 15.3 Å². The van der Waals surface area contributed by atoms with Crippen LogP contribution in [-0.4, -0.2) is 48.3 Å². The summed E-state index contributed by atoms with van der Waals surface area (Å²) in [6.45, 7) is 2.34. The van der Waals surface area contributed by atoms with E-state index in [2.05, 4.69) is 15.2 Å². The molecule has 0 aliphatic carbocycles. The molecule has 0 bridgehead atoms. The monoisotopic (exact) mass is 420 g/mol. The molecule has 1 aliphatic rings. The van der Waals surface area contributed by atoms with Crippen molar-refractivity contribution in [1.29, 1.82) is 0 Å². The molecule has 4 rings (SSSR count). The number of halogens is 3. The Bertz CT molecular complexity index is 1180. The van der Waals surface area contributed by atoms with E-state index in [4.69, 9.17) is 0 Å². The van der Waals surface area contributed by atoms with Gasteiger partial charge in [0.05, 0.1) is 5.69 Å². The lowest BCUT2D eigenvalue weighted by Gasteiger charge is -2.31. The Labute approximate surface area is 168 Å². The van der Waals surface area contributed by atoms with Crippen molar-refractivity contribution in [3.05, 3.63) is 57.4 Å². The maximum atomic E-state index is 13.5. The number of nitrogens with zero attached hydrogens (tertiary/aromatic N) is 6. The van der Waals surface area contributed by atoms with Gasteiger partial charge in [0.1, 0.15) is 11.4 Å². The van der Waals surface area contributed by atoms with Gasteiger partial charge in [0, 0.05) is 43.9 Å². The Morgan fingerprint density at radius 3 is 2.47 bits per heavy atom. The van der Waals surface area contributed by atoms with Crippen LogP contribution in [0.15, 0.2) is 29.1 Å². The Hall–Kier alpha value is -3.24. The largest absolute Gasteiger partial charge is 0.433 e. The van der Waals surface area contributed by atoms with Crippen molar-refractivity contribution >= 4 is 11.6 Å². The standard InChI is InChI=1S/C19H19F3N6O2/c1-11-9-16-23-14(10-15(19(20,21)22)28(16)24-11)12-5-7-27(8-6-12)18(30)13-3-4-17(29)26(2)25-13/h3-4,9-10,12H,5-8H2,1-2H3. The van der Waals surface area contributed by atoms with Crippen LogP contribution in [0.25, 0.3) is 5.65 Å². The molecule has 0 saturated carbocycles. The molecule has 1 amide bonds. The molecule has 11 heteroatoms. The summed E-state index contributed by atoms with van der Waals surface area (Å²) in [6.07, 6.45) is -3.60. The molecule has 1 saturated heterocycles. The predicted molar refractivity (Wildman–Crippen MR) is 100 cm³/mol. The Kier molecular flexibility index (Phi) is 4.83. The van der Waals surface area contributed by atoms with Gasteiger partial charge >= 0.3 is 6.18 Å². The molecule has 158 valence electrons. The first kappa shape index (κ1) is 20.0. The fourth-order valence-corrected chi connectivity index (χ4v) is 3.68. The van der Waals surface area contributed by atoms with Gasteiger partial charge in [-0.2, -0.15) is 23.4 Å². The van der Waals surface area contributed by atoms with Crippen molar-refractivity contribution in [1.82, 2.24) is 29.3 Å². The fraction of sp³-hybridized carbons (Fsp3) is 0.421. The molecule has 3 aromatic rings. The van der Waals surface area contributed by atoms with Gasteiger partial charge in [-0.1, -0.05) is 0 Å². The van der Waals surface area contributed by atoms with Crippen LogP contribution in [-0.2, 0) is 13.2 Å². The van der Waals surface area contributed by atoms with Crippen LogP contribution in [0, 0.1) is 6.92 Å². The Balaban J connectivity index is 1.55. The van der Waals surface area contributed by atoms with E-state index in [0.29, 0.717) is 37.3 Å². The normalized spacial score (nSPS) is 15.7. The predicted octanol–water partition coefficient (Wildman–Crippen LogP) is 2.17. The van der Waals surface area contributed by atoms with Crippen LogP contribution in [0.2, 0.25) is 0 Å². The summed E-state index contributed by atoms with van der Waals surface area (Å²) in [7, 11) is 1.46. The van der Waals surface area contributed by atoms with Gasteiger partial charge in [0.15, 0.2) is 5.65 Å². The second-order valence-electron chi connectivity index (χ2n) is 7.37. The number of piperidine rings is 1. The molecule has 0 N–H and O–H groups in total. The van der Waals surface area contributed by atoms with Gasteiger partial charge < -0.3 is 4.90 Å². The maximum Gasteiger partial charge on any atom is 0.433 e. The van der Waals surface area contributed by atoms with E-state index >= 15 is 0 Å². The van der Waals surface area contributed by atoms with Crippen molar-refractivity contribution in [2.45, 2.75) is 31.9 Å². The number of likely N-dealkylation sites (tertiary alicyclic amines) is 1. The number of fused-ring (bicyclic) bond motifs is 1. The maximum absolute atomic E-state index is 13.5. The molecule has 0 spiro atoms. The van der Waals surface area contributed by atoms with Gasteiger partial charge in [-0.05, 0) is 31.9 Å². The fourth-order valence-electron chi connectivity index (χ4n) is 3.68. The van der Waals surface area contributed by atoms with E-state index in [-0.39, 0.29) is 28.7 Å². The van der Waals surface area contributed by atoms with E-state index in [9.17, 15) is 22.8 Å². The van der Waals surface area contributed by atoms with Crippen molar-refractivity contribution in [2.75, 3.05) is 13.1 Å². The minimum Gasteiger partial charge on any atom is -0.337 e. The topological polar surface area (TPSA) is 85.4 Å². The third-order valence-corrected chi connectivity index (χ3v) is 5.24. The number of amides is 1. The van der Waals surface area contributed by atoms with Gasteiger partial charge in [-0.15, -0.1) is 0 Å². The summed E-state index contributed by atoms with van der Waals surface area (Å²) in [5.74, 6) is -0.515. The van der Waals surface area contributed by atoms with E-state index < -0.39 is 11.9 Å². The van der Waals surface area contributed by atoms with Crippen LogP contribution in [0.1, 0.15) is 46.3 Å². The van der Waals surface area contributed by atoms with E-state index in [1.165, 1.54) is 25.2 Å². The second-order valence-corrected chi connectivity index (χ2v) is 7.37. The smallest absolute Gasteiger partial charge is 0.337 e. The van der Waals surface area contributed by atoms with Gasteiger partial charge in [-0.3, -0.25) is 9.59 Å². The highest BCUT2D eigenvalue weighted by Crippen LogP contribution is 2.34. The third kappa shape index (κ3) is 3.66. The Morgan fingerprint density at radius 2 is 1.83 bits per heavy atom. The molecule has 1 aliphatic heterocycles. The minimum atomic E-state index is -4.56. The molecule has 4 heterocycles. The highest BCUT2D eigenvalue weighted by atomic mass is 19.4. The molecule has 0 radical (unpaired) electrons.